The molecule has 0 spiro atoms. The Morgan fingerprint density at radius 3 is 2.50 bits per heavy atom. The van der Waals surface area contributed by atoms with E-state index >= 15 is 0 Å². The molecule has 0 aliphatic carbocycles. The number of piperazine rings is 1. The zero-order valence-electron chi connectivity index (χ0n) is 9.02. The number of hydrogen-bond acceptors (Lipinski definition) is 2. The molecule has 1 rings (SSSR count). The Morgan fingerprint density at radius 1 is 1.36 bits per heavy atom. The van der Waals surface area contributed by atoms with Gasteiger partial charge in [0.05, 0.1) is 6.54 Å². The van der Waals surface area contributed by atoms with E-state index in [0.29, 0.717) is 0 Å². The van der Waals surface area contributed by atoms with Gasteiger partial charge in [-0.2, -0.15) is 0 Å². The molecule has 0 atom stereocenters. The first kappa shape index (κ1) is 11.9. The summed E-state index contributed by atoms with van der Waals surface area (Å²) in [6.45, 7) is 6.47. The molecule has 0 aromatic rings. The molecule has 0 saturated carbocycles. The molecule has 0 bridgehead atoms. The molecule has 14 heavy (non-hydrogen) atoms. The van der Waals surface area contributed by atoms with Gasteiger partial charge >= 0.3 is 0 Å². The second kappa shape index (κ2) is 5.03. The summed E-state index contributed by atoms with van der Waals surface area (Å²) >= 11 is 0. The summed E-state index contributed by atoms with van der Waals surface area (Å²) in [6, 6.07) is 0. The molecule has 1 fully saturated rings. The van der Waals surface area contributed by atoms with E-state index in [4.69, 9.17) is 0 Å². The van der Waals surface area contributed by atoms with Crippen LogP contribution >= 0.6 is 0 Å². The van der Waals surface area contributed by atoms with Crippen molar-refractivity contribution < 1.29 is 8.78 Å². The highest BCUT2D eigenvalue weighted by Crippen LogP contribution is 2.20. The number of halogens is 2. The highest BCUT2D eigenvalue weighted by Gasteiger charge is 2.32. The van der Waals surface area contributed by atoms with Crippen LogP contribution in [0.4, 0.5) is 8.78 Å². The Labute approximate surface area is 84.7 Å². The molecule has 4 heteroatoms. The van der Waals surface area contributed by atoms with Crippen molar-refractivity contribution in [3.8, 4) is 0 Å². The van der Waals surface area contributed by atoms with Gasteiger partial charge in [0.15, 0.2) is 0 Å². The Balaban J connectivity index is 2.49. The maximum Gasteiger partial charge on any atom is 0.251 e. The van der Waals surface area contributed by atoms with Crippen LogP contribution in [0.3, 0.4) is 0 Å². The fourth-order valence-electron chi connectivity index (χ4n) is 2.12. The van der Waals surface area contributed by atoms with Crippen molar-refractivity contribution in [1.29, 1.82) is 0 Å². The standard InChI is InChI=1S/C10H20F2N2/c1-3-10(4-2)8-14(6-5-13-10)7-9(11)12/h9,13H,3-8H2,1-2H3. The fourth-order valence-corrected chi connectivity index (χ4v) is 2.12. The lowest BCUT2D eigenvalue weighted by Crippen LogP contribution is -2.60. The van der Waals surface area contributed by atoms with Crippen LogP contribution in [-0.4, -0.2) is 43.0 Å². The maximum absolute atomic E-state index is 12.2. The van der Waals surface area contributed by atoms with Crippen molar-refractivity contribution in [2.45, 2.75) is 38.7 Å². The molecular formula is C10H20F2N2. The topological polar surface area (TPSA) is 15.3 Å². The van der Waals surface area contributed by atoms with Crippen molar-refractivity contribution in [2.75, 3.05) is 26.2 Å². The maximum atomic E-state index is 12.2. The van der Waals surface area contributed by atoms with Crippen LogP contribution in [-0.2, 0) is 0 Å². The van der Waals surface area contributed by atoms with E-state index < -0.39 is 6.43 Å². The first-order valence-electron chi connectivity index (χ1n) is 5.37. The van der Waals surface area contributed by atoms with Crippen LogP contribution in [0.5, 0.6) is 0 Å². The highest BCUT2D eigenvalue weighted by atomic mass is 19.3. The third-order valence-corrected chi connectivity index (χ3v) is 3.20. The summed E-state index contributed by atoms with van der Waals surface area (Å²) in [6.07, 6.45) is -0.202. The summed E-state index contributed by atoms with van der Waals surface area (Å²) < 4.78 is 24.4. The van der Waals surface area contributed by atoms with Gasteiger partial charge in [0.2, 0.25) is 0 Å². The molecule has 0 aromatic carbocycles. The molecule has 1 saturated heterocycles. The normalized spacial score (nSPS) is 22.9. The van der Waals surface area contributed by atoms with E-state index in [1.807, 2.05) is 4.90 Å². The van der Waals surface area contributed by atoms with Gasteiger partial charge in [-0.3, -0.25) is 4.90 Å². The van der Waals surface area contributed by atoms with E-state index in [0.717, 1.165) is 32.5 Å². The van der Waals surface area contributed by atoms with Crippen molar-refractivity contribution in [1.82, 2.24) is 10.2 Å². The second-order valence-electron chi connectivity index (χ2n) is 4.04. The monoisotopic (exact) mass is 206 g/mol. The lowest BCUT2D eigenvalue weighted by atomic mass is 9.90. The van der Waals surface area contributed by atoms with Crippen molar-refractivity contribution >= 4 is 0 Å². The number of nitrogens with one attached hydrogen (secondary N) is 1. The first-order valence-corrected chi connectivity index (χ1v) is 5.37. The zero-order valence-corrected chi connectivity index (χ0v) is 9.02. The molecule has 0 radical (unpaired) electrons. The average Bonchev–Trinajstić information content (AvgIpc) is 2.17. The predicted molar refractivity (Wildman–Crippen MR) is 53.8 cm³/mol. The van der Waals surface area contributed by atoms with Gasteiger partial charge in [0.25, 0.3) is 6.43 Å². The van der Waals surface area contributed by atoms with Crippen molar-refractivity contribution in [3.05, 3.63) is 0 Å². The largest absolute Gasteiger partial charge is 0.309 e. The molecule has 0 amide bonds. The van der Waals surface area contributed by atoms with Crippen LogP contribution in [0.2, 0.25) is 0 Å². The lowest BCUT2D eigenvalue weighted by Gasteiger charge is -2.43. The minimum Gasteiger partial charge on any atom is -0.309 e. The van der Waals surface area contributed by atoms with Gasteiger partial charge in [-0.25, -0.2) is 8.78 Å². The van der Waals surface area contributed by atoms with E-state index in [1.165, 1.54) is 0 Å². The minimum atomic E-state index is -2.21. The molecular weight excluding hydrogens is 186 g/mol. The number of hydrogen-bond donors (Lipinski definition) is 1. The summed E-state index contributed by atoms with van der Waals surface area (Å²) in [7, 11) is 0. The smallest absolute Gasteiger partial charge is 0.251 e. The average molecular weight is 206 g/mol. The quantitative estimate of drug-likeness (QED) is 0.753. The van der Waals surface area contributed by atoms with Crippen LogP contribution in [0.25, 0.3) is 0 Å². The zero-order chi connectivity index (χ0) is 10.6. The second-order valence-corrected chi connectivity index (χ2v) is 4.04. The Bertz CT molecular complexity index is 170. The summed E-state index contributed by atoms with van der Waals surface area (Å²) in [5, 5.41) is 3.45. The van der Waals surface area contributed by atoms with E-state index in [1.54, 1.807) is 0 Å². The third kappa shape index (κ3) is 2.89. The van der Waals surface area contributed by atoms with Gasteiger partial charge in [0, 0.05) is 25.2 Å². The molecule has 1 N–H and O–H groups in total. The molecule has 1 aliphatic rings. The summed E-state index contributed by atoms with van der Waals surface area (Å²) in [5.41, 5.74) is 0.0626. The lowest BCUT2D eigenvalue weighted by molar-refractivity contribution is 0.0497. The van der Waals surface area contributed by atoms with E-state index in [2.05, 4.69) is 19.2 Å². The van der Waals surface area contributed by atoms with E-state index in [9.17, 15) is 8.78 Å². The Hall–Kier alpha value is -0.220. The molecule has 0 unspecified atom stereocenters. The van der Waals surface area contributed by atoms with Gasteiger partial charge in [-0.15, -0.1) is 0 Å². The minimum absolute atomic E-state index is 0.0626. The van der Waals surface area contributed by atoms with E-state index in [-0.39, 0.29) is 12.1 Å². The Kier molecular flexibility index (Phi) is 4.26. The van der Waals surface area contributed by atoms with Gasteiger partial charge in [-0.05, 0) is 12.8 Å². The van der Waals surface area contributed by atoms with Crippen LogP contribution in [0, 0.1) is 0 Å². The molecule has 2 nitrogen and oxygen atoms in total. The molecule has 1 aliphatic heterocycles. The number of alkyl halides is 2. The van der Waals surface area contributed by atoms with Crippen molar-refractivity contribution in [2.24, 2.45) is 0 Å². The predicted octanol–water partition coefficient (Wildman–Crippen LogP) is 1.72. The summed E-state index contributed by atoms with van der Waals surface area (Å²) in [4.78, 5) is 1.87. The fraction of sp³-hybridized carbons (Fsp3) is 1.00. The van der Waals surface area contributed by atoms with Crippen LogP contribution in [0.1, 0.15) is 26.7 Å². The Morgan fingerprint density at radius 2 is 2.00 bits per heavy atom. The number of rotatable bonds is 4. The molecule has 84 valence electrons. The third-order valence-electron chi connectivity index (χ3n) is 3.20. The van der Waals surface area contributed by atoms with Gasteiger partial charge in [-0.1, -0.05) is 13.8 Å². The van der Waals surface area contributed by atoms with Gasteiger partial charge in [0.1, 0.15) is 0 Å². The first-order chi connectivity index (χ1) is 6.62. The molecule has 1 heterocycles. The van der Waals surface area contributed by atoms with Crippen LogP contribution < -0.4 is 5.32 Å². The summed E-state index contributed by atoms with van der Waals surface area (Å²) in [5.74, 6) is 0. The molecule has 0 aromatic heterocycles. The van der Waals surface area contributed by atoms with Crippen LogP contribution in [0.15, 0.2) is 0 Å². The van der Waals surface area contributed by atoms with Gasteiger partial charge < -0.3 is 5.32 Å². The highest BCUT2D eigenvalue weighted by molar-refractivity contribution is 4.92. The van der Waals surface area contributed by atoms with Crippen molar-refractivity contribution in [3.63, 3.8) is 0 Å². The number of nitrogens with zero attached hydrogens (tertiary/aromatic N) is 1. The SMILES string of the molecule is CCC1(CC)CN(CC(F)F)CCN1.